The Bertz CT molecular complexity index is 1130. The van der Waals surface area contributed by atoms with Crippen molar-refractivity contribution in [3.8, 4) is 5.75 Å². The third kappa shape index (κ3) is 6.34. The van der Waals surface area contributed by atoms with E-state index in [1.54, 1.807) is 12.3 Å². The van der Waals surface area contributed by atoms with E-state index in [4.69, 9.17) is 4.74 Å². The summed E-state index contributed by atoms with van der Waals surface area (Å²) in [4.78, 5) is 15.6. The third-order valence-electron chi connectivity index (χ3n) is 7.79. The minimum atomic E-state index is -3.92. The molecular weight excluding hydrogens is 464 g/mol. The number of nitrogens with zero attached hydrogens (tertiary/aromatic N) is 1. The fraction of sp³-hybridized carbons (Fsp3) is 0.556. The zero-order chi connectivity index (χ0) is 24.8. The molecule has 2 atom stereocenters. The van der Waals surface area contributed by atoms with Gasteiger partial charge in [-0.1, -0.05) is 51.4 Å². The largest absolute Gasteiger partial charge is 0.495 e. The van der Waals surface area contributed by atoms with E-state index in [1.165, 1.54) is 89.3 Å². The Morgan fingerprint density at radius 3 is 2.37 bits per heavy atom. The van der Waals surface area contributed by atoms with Crippen LogP contribution in [0.1, 0.15) is 92.5 Å². The highest BCUT2D eigenvalue weighted by atomic mass is 32.2. The number of aromatic nitrogens is 1. The number of hydrogen-bond acceptors (Lipinski definition) is 5. The van der Waals surface area contributed by atoms with E-state index in [0.717, 1.165) is 30.2 Å². The zero-order valence-corrected chi connectivity index (χ0v) is 21.2. The maximum atomic E-state index is 13.2. The Morgan fingerprint density at radius 1 is 0.943 bits per heavy atom. The van der Waals surface area contributed by atoms with Crippen molar-refractivity contribution < 1.29 is 23.1 Å². The zero-order valence-electron chi connectivity index (χ0n) is 20.4. The minimum Gasteiger partial charge on any atom is -0.495 e. The molecule has 2 saturated carbocycles. The predicted octanol–water partition coefficient (Wildman–Crippen LogP) is 6.22. The first-order valence-corrected chi connectivity index (χ1v) is 14.2. The number of carboxylic acid groups (broad SMARTS) is 1. The van der Waals surface area contributed by atoms with Crippen LogP contribution < -0.4 is 9.46 Å². The molecule has 1 heterocycles. The lowest BCUT2D eigenvalue weighted by Crippen LogP contribution is -2.15. The van der Waals surface area contributed by atoms with Gasteiger partial charge in [-0.2, -0.15) is 0 Å². The molecule has 2 unspecified atom stereocenters. The van der Waals surface area contributed by atoms with Gasteiger partial charge in [-0.05, 0) is 66.8 Å². The van der Waals surface area contributed by atoms with Crippen molar-refractivity contribution in [3.05, 3.63) is 47.8 Å². The second-order valence-corrected chi connectivity index (χ2v) is 11.7. The molecule has 35 heavy (non-hydrogen) atoms. The van der Waals surface area contributed by atoms with E-state index in [1.807, 2.05) is 0 Å². The van der Waals surface area contributed by atoms with Crippen LogP contribution in [0.2, 0.25) is 0 Å². The van der Waals surface area contributed by atoms with E-state index in [9.17, 15) is 18.3 Å². The molecule has 2 aromatic rings. The van der Waals surface area contributed by atoms with Gasteiger partial charge in [0.25, 0.3) is 10.0 Å². The van der Waals surface area contributed by atoms with Crippen LogP contribution in [0.3, 0.4) is 0 Å². The maximum Gasteiger partial charge on any atom is 0.335 e. The van der Waals surface area contributed by atoms with Crippen LogP contribution in [0.25, 0.3) is 0 Å². The Labute approximate surface area is 208 Å². The van der Waals surface area contributed by atoms with Crippen LogP contribution in [0.4, 0.5) is 5.69 Å². The number of carbonyl (C=O) groups is 1. The van der Waals surface area contributed by atoms with Crippen molar-refractivity contribution in [1.29, 1.82) is 0 Å². The van der Waals surface area contributed by atoms with Gasteiger partial charge in [0.2, 0.25) is 0 Å². The monoisotopic (exact) mass is 500 g/mol. The summed E-state index contributed by atoms with van der Waals surface area (Å²) < 4.78 is 34.1. The van der Waals surface area contributed by atoms with Gasteiger partial charge in [-0.3, -0.25) is 9.71 Å². The molecule has 2 N–H and O–H groups in total. The second-order valence-electron chi connectivity index (χ2n) is 10.00. The first kappa shape index (κ1) is 25.5. The second kappa shape index (κ2) is 11.4. The van der Waals surface area contributed by atoms with Crippen LogP contribution in [0.5, 0.6) is 5.75 Å². The van der Waals surface area contributed by atoms with Crippen molar-refractivity contribution in [3.63, 3.8) is 0 Å². The molecule has 0 saturated heterocycles. The molecular formula is C27H36N2O5S. The van der Waals surface area contributed by atoms with Crippen LogP contribution in [0, 0.1) is 11.8 Å². The smallest absolute Gasteiger partial charge is 0.335 e. The number of hydrogen-bond donors (Lipinski definition) is 2. The lowest BCUT2D eigenvalue weighted by Gasteiger charge is -2.25. The average Bonchev–Trinajstić information content (AvgIpc) is 3.27. The highest BCUT2D eigenvalue weighted by Crippen LogP contribution is 2.41. The first-order chi connectivity index (χ1) is 16.9. The molecule has 1 aromatic heterocycles. The van der Waals surface area contributed by atoms with E-state index in [2.05, 4.69) is 9.71 Å². The van der Waals surface area contributed by atoms with Gasteiger partial charge in [-0.15, -0.1) is 0 Å². The molecule has 1 aromatic carbocycles. The summed E-state index contributed by atoms with van der Waals surface area (Å²) in [6.07, 6.45) is 17.2. The summed E-state index contributed by atoms with van der Waals surface area (Å²) in [5.41, 5.74) is 1.18. The third-order valence-corrected chi connectivity index (χ3v) is 9.12. The van der Waals surface area contributed by atoms with Crippen molar-refractivity contribution >= 4 is 21.7 Å². The summed E-state index contributed by atoms with van der Waals surface area (Å²) in [5, 5.41) is 9.18. The number of nitrogens with one attached hydrogen (secondary N) is 1. The molecule has 7 nitrogen and oxygen atoms in total. The van der Waals surface area contributed by atoms with E-state index in [-0.39, 0.29) is 21.9 Å². The highest BCUT2D eigenvalue weighted by Gasteiger charge is 2.28. The fourth-order valence-electron chi connectivity index (χ4n) is 5.84. The number of ether oxygens (including phenoxy) is 1. The number of pyridine rings is 1. The molecule has 0 spiro atoms. The number of aromatic carboxylic acids is 1. The Kier molecular flexibility index (Phi) is 8.31. The van der Waals surface area contributed by atoms with Crippen molar-refractivity contribution in [1.82, 2.24) is 4.98 Å². The van der Waals surface area contributed by atoms with E-state index in [0.29, 0.717) is 5.92 Å². The standard InChI is InChI=1S/C27H36N2O5S/c1-34-26-16-22(27(30)31)13-14-25(26)29-35(32,33)24-15-23(17-28-18-24)21-10-6-9-20(11-12-21)19-7-4-2-3-5-8-19/h13-21,29H,2-12H2,1H3,(H,30,31). The molecule has 2 fully saturated rings. The minimum absolute atomic E-state index is 0.0176. The van der Waals surface area contributed by atoms with Crippen LogP contribution >= 0.6 is 0 Å². The topological polar surface area (TPSA) is 106 Å². The van der Waals surface area contributed by atoms with E-state index >= 15 is 0 Å². The van der Waals surface area contributed by atoms with Crippen molar-refractivity contribution in [2.24, 2.45) is 11.8 Å². The molecule has 0 amide bonds. The molecule has 190 valence electrons. The number of methoxy groups -OCH3 is 1. The number of sulfonamides is 1. The quantitative estimate of drug-likeness (QED) is 0.437. The van der Waals surface area contributed by atoms with Gasteiger partial charge >= 0.3 is 5.97 Å². The normalized spacial score (nSPS) is 22.1. The summed E-state index contributed by atoms with van der Waals surface area (Å²) >= 11 is 0. The Hall–Kier alpha value is -2.61. The van der Waals surface area contributed by atoms with Gasteiger partial charge in [0.1, 0.15) is 10.6 Å². The predicted molar refractivity (Wildman–Crippen MR) is 136 cm³/mol. The van der Waals surface area contributed by atoms with Gasteiger partial charge in [0.15, 0.2) is 0 Å². The summed E-state index contributed by atoms with van der Waals surface area (Å²) in [6, 6.07) is 5.78. The maximum absolute atomic E-state index is 13.2. The molecule has 2 aliphatic carbocycles. The first-order valence-electron chi connectivity index (χ1n) is 12.8. The van der Waals surface area contributed by atoms with Crippen LogP contribution in [0.15, 0.2) is 41.6 Å². The number of anilines is 1. The van der Waals surface area contributed by atoms with Crippen molar-refractivity contribution in [2.75, 3.05) is 11.8 Å². The molecule has 0 aliphatic heterocycles. The molecule has 0 bridgehead atoms. The molecule has 0 radical (unpaired) electrons. The number of benzene rings is 1. The summed E-state index contributed by atoms with van der Waals surface area (Å²) in [7, 11) is -2.55. The molecule has 8 heteroatoms. The molecule has 4 rings (SSSR count). The SMILES string of the molecule is COc1cc(C(=O)O)ccc1NS(=O)(=O)c1cncc(C2CCCC(C3CCCCCC3)CC2)c1. The number of carboxylic acids is 1. The van der Waals surface area contributed by atoms with Crippen molar-refractivity contribution in [2.45, 2.75) is 81.4 Å². The van der Waals surface area contributed by atoms with Crippen LogP contribution in [-0.4, -0.2) is 31.6 Å². The molecule has 2 aliphatic rings. The summed E-state index contributed by atoms with van der Waals surface area (Å²) in [6.45, 7) is 0. The van der Waals surface area contributed by atoms with Gasteiger partial charge < -0.3 is 9.84 Å². The van der Waals surface area contributed by atoms with Crippen LogP contribution in [-0.2, 0) is 10.0 Å². The van der Waals surface area contributed by atoms with Gasteiger partial charge in [0.05, 0.1) is 18.4 Å². The van der Waals surface area contributed by atoms with Gasteiger partial charge in [-0.25, -0.2) is 13.2 Å². The Balaban J connectivity index is 1.48. The fourth-order valence-corrected chi connectivity index (χ4v) is 6.90. The highest BCUT2D eigenvalue weighted by molar-refractivity contribution is 7.92. The number of rotatable bonds is 7. The van der Waals surface area contributed by atoms with Gasteiger partial charge in [0, 0.05) is 12.4 Å². The van der Waals surface area contributed by atoms with E-state index < -0.39 is 16.0 Å². The lowest BCUT2D eigenvalue weighted by molar-refractivity contribution is 0.0696. The summed E-state index contributed by atoms with van der Waals surface area (Å²) in [5.74, 6) is 0.997. The average molecular weight is 501 g/mol. The lowest BCUT2D eigenvalue weighted by atomic mass is 9.81. The Morgan fingerprint density at radius 2 is 1.66 bits per heavy atom.